The van der Waals surface area contributed by atoms with Gasteiger partial charge in [0.25, 0.3) is 5.91 Å². The normalized spacial score (nSPS) is 11.3. The van der Waals surface area contributed by atoms with Crippen LogP contribution in [0, 0.1) is 0 Å². The standard InChI is InChI=1S/C24H28N2O4/c1-5-26(15-22(27)25-24(2,3)4)23(28)21-13-12-20(30-21)16-29-19-11-10-17-8-6-7-9-18(17)14-19/h6-14H,5,15-16H2,1-4H3,(H,25,27). The van der Waals surface area contributed by atoms with Crippen LogP contribution in [0.3, 0.4) is 0 Å². The van der Waals surface area contributed by atoms with Crippen molar-refractivity contribution in [1.29, 1.82) is 0 Å². The fourth-order valence-corrected chi connectivity index (χ4v) is 3.10. The Morgan fingerprint density at radius 2 is 1.77 bits per heavy atom. The lowest BCUT2D eigenvalue weighted by Gasteiger charge is -2.24. The van der Waals surface area contributed by atoms with Crippen LogP contribution in [-0.4, -0.2) is 35.3 Å². The predicted octanol–water partition coefficient (Wildman–Crippen LogP) is 4.39. The van der Waals surface area contributed by atoms with Crippen LogP contribution in [0.4, 0.5) is 0 Å². The Balaban J connectivity index is 1.61. The molecule has 0 aliphatic rings. The molecule has 0 atom stereocenters. The summed E-state index contributed by atoms with van der Waals surface area (Å²) >= 11 is 0. The highest BCUT2D eigenvalue weighted by Crippen LogP contribution is 2.22. The third-order valence-electron chi connectivity index (χ3n) is 4.49. The van der Waals surface area contributed by atoms with Gasteiger partial charge in [0.05, 0.1) is 6.54 Å². The van der Waals surface area contributed by atoms with E-state index in [-0.39, 0.29) is 36.3 Å². The summed E-state index contributed by atoms with van der Waals surface area (Å²) in [5.74, 6) is 0.939. The van der Waals surface area contributed by atoms with E-state index in [1.54, 1.807) is 12.1 Å². The molecule has 0 saturated carbocycles. The zero-order valence-corrected chi connectivity index (χ0v) is 17.9. The Morgan fingerprint density at radius 1 is 1.03 bits per heavy atom. The van der Waals surface area contributed by atoms with Gasteiger partial charge in [-0.3, -0.25) is 9.59 Å². The van der Waals surface area contributed by atoms with Crippen molar-refractivity contribution >= 4 is 22.6 Å². The highest BCUT2D eigenvalue weighted by Gasteiger charge is 2.22. The second-order valence-electron chi connectivity index (χ2n) is 8.18. The van der Waals surface area contributed by atoms with E-state index >= 15 is 0 Å². The number of carbonyl (C=O) groups excluding carboxylic acids is 2. The quantitative estimate of drug-likeness (QED) is 0.629. The smallest absolute Gasteiger partial charge is 0.290 e. The first kappa shape index (κ1) is 21.4. The molecular formula is C24H28N2O4. The van der Waals surface area contributed by atoms with Crippen molar-refractivity contribution in [3.05, 3.63) is 66.1 Å². The molecule has 1 aromatic heterocycles. The van der Waals surface area contributed by atoms with Gasteiger partial charge in [-0.1, -0.05) is 30.3 Å². The molecule has 158 valence electrons. The summed E-state index contributed by atoms with van der Waals surface area (Å²) in [6.45, 7) is 8.12. The fourth-order valence-electron chi connectivity index (χ4n) is 3.10. The summed E-state index contributed by atoms with van der Waals surface area (Å²) in [4.78, 5) is 26.3. The Kier molecular flexibility index (Phi) is 6.45. The van der Waals surface area contributed by atoms with E-state index in [4.69, 9.17) is 9.15 Å². The highest BCUT2D eigenvalue weighted by molar-refractivity contribution is 5.94. The molecule has 0 saturated heterocycles. The van der Waals surface area contributed by atoms with E-state index in [0.717, 1.165) is 16.5 Å². The van der Waals surface area contributed by atoms with Gasteiger partial charge in [-0.25, -0.2) is 0 Å². The number of amides is 2. The van der Waals surface area contributed by atoms with E-state index < -0.39 is 0 Å². The van der Waals surface area contributed by atoms with Crippen LogP contribution in [0.5, 0.6) is 5.75 Å². The van der Waals surface area contributed by atoms with E-state index in [9.17, 15) is 9.59 Å². The molecule has 2 aromatic carbocycles. The number of likely N-dealkylation sites (N-methyl/N-ethyl adjacent to an activating group) is 1. The number of furan rings is 1. The van der Waals surface area contributed by atoms with Gasteiger partial charge in [-0.2, -0.15) is 0 Å². The average Bonchev–Trinajstić information content (AvgIpc) is 3.17. The molecule has 2 amide bonds. The molecule has 1 heterocycles. The summed E-state index contributed by atoms with van der Waals surface area (Å²) in [6, 6.07) is 17.3. The molecule has 6 heteroatoms. The molecule has 30 heavy (non-hydrogen) atoms. The maximum absolute atomic E-state index is 12.7. The van der Waals surface area contributed by atoms with Gasteiger partial charge in [-0.15, -0.1) is 0 Å². The molecule has 0 radical (unpaired) electrons. The van der Waals surface area contributed by atoms with Crippen molar-refractivity contribution in [3.8, 4) is 5.75 Å². The monoisotopic (exact) mass is 408 g/mol. The van der Waals surface area contributed by atoms with Gasteiger partial charge in [0.1, 0.15) is 18.1 Å². The van der Waals surface area contributed by atoms with Gasteiger partial charge >= 0.3 is 0 Å². The lowest BCUT2D eigenvalue weighted by Crippen LogP contribution is -2.47. The maximum atomic E-state index is 12.7. The summed E-state index contributed by atoms with van der Waals surface area (Å²) in [5, 5.41) is 5.10. The lowest BCUT2D eigenvalue weighted by molar-refractivity contribution is -0.123. The van der Waals surface area contributed by atoms with Crippen LogP contribution in [-0.2, 0) is 11.4 Å². The van der Waals surface area contributed by atoms with Crippen LogP contribution in [0.15, 0.2) is 59.0 Å². The van der Waals surface area contributed by atoms with Crippen molar-refractivity contribution in [3.63, 3.8) is 0 Å². The number of hydrogen-bond acceptors (Lipinski definition) is 4. The Morgan fingerprint density at radius 3 is 2.47 bits per heavy atom. The number of nitrogens with one attached hydrogen (secondary N) is 1. The predicted molar refractivity (Wildman–Crippen MR) is 116 cm³/mol. The van der Waals surface area contributed by atoms with Crippen molar-refractivity contribution in [2.75, 3.05) is 13.1 Å². The number of fused-ring (bicyclic) bond motifs is 1. The first-order valence-corrected chi connectivity index (χ1v) is 10.1. The maximum Gasteiger partial charge on any atom is 0.290 e. The highest BCUT2D eigenvalue weighted by atomic mass is 16.5. The SMILES string of the molecule is CCN(CC(=O)NC(C)(C)C)C(=O)c1ccc(COc2ccc3ccccc3c2)o1. The number of hydrogen-bond donors (Lipinski definition) is 1. The number of carbonyl (C=O) groups is 2. The first-order chi connectivity index (χ1) is 14.2. The zero-order valence-electron chi connectivity index (χ0n) is 17.9. The minimum Gasteiger partial charge on any atom is -0.486 e. The third kappa shape index (κ3) is 5.63. The van der Waals surface area contributed by atoms with Gasteiger partial charge in [0.2, 0.25) is 5.91 Å². The van der Waals surface area contributed by atoms with Gasteiger partial charge in [0.15, 0.2) is 5.76 Å². The molecule has 0 aliphatic carbocycles. The Bertz CT molecular complexity index is 1030. The molecule has 0 aliphatic heterocycles. The molecule has 0 unspecified atom stereocenters. The lowest BCUT2D eigenvalue weighted by atomic mass is 10.1. The molecule has 0 fully saturated rings. The number of rotatable bonds is 7. The average molecular weight is 408 g/mol. The second-order valence-corrected chi connectivity index (χ2v) is 8.18. The van der Waals surface area contributed by atoms with E-state index in [2.05, 4.69) is 5.32 Å². The van der Waals surface area contributed by atoms with E-state index in [0.29, 0.717) is 12.3 Å². The Labute approximate surface area is 176 Å². The molecule has 0 spiro atoms. The van der Waals surface area contributed by atoms with E-state index in [1.807, 2.05) is 70.2 Å². The molecular weight excluding hydrogens is 380 g/mol. The molecule has 6 nitrogen and oxygen atoms in total. The third-order valence-corrected chi connectivity index (χ3v) is 4.49. The minimum atomic E-state index is -0.350. The number of nitrogens with zero attached hydrogens (tertiary/aromatic N) is 1. The second kappa shape index (κ2) is 9.03. The molecule has 0 bridgehead atoms. The minimum absolute atomic E-state index is 0.0176. The largest absolute Gasteiger partial charge is 0.486 e. The van der Waals surface area contributed by atoms with Crippen LogP contribution in [0.1, 0.15) is 44.0 Å². The summed E-state index contributed by atoms with van der Waals surface area (Å²) < 4.78 is 11.5. The van der Waals surface area contributed by atoms with Crippen molar-refractivity contribution < 1.29 is 18.7 Å². The van der Waals surface area contributed by atoms with Crippen LogP contribution in [0.25, 0.3) is 10.8 Å². The van der Waals surface area contributed by atoms with Crippen molar-refractivity contribution in [1.82, 2.24) is 10.2 Å². The Hall–Kier alpha value is -3.28. The van der Waals surface area contributed by atoms with Crippen molar-refractivity contribution in [2.45, 2.75) is 39.8 Å². The van der Waals surface area contributed by atoms with Crippen molar-refractivity contribution in [2.24, 2.45) is 0 Å². The van der Waals surface area contributed by atoms with Gasteiger partial charge in [-0.05, 0) is 62.7 Å². The van der Waals surface area contributed by atoms with Gasteiger partial charge < -0.3 is 19.4 Å². The van der Waals surface area contributed by atoms with Crippen LogP contribution < -0.4 is 10.1 Å². The first-order valence-electron chi connectivity index (χ1n) is 10.1. The van der Waals surface area contributed by atoms with Crippen LogP contribution >= 0.6 is 0 Å². The summed E-state index contributed by atoms with van der Waals surface area (Å²) in [5.41, 5.74) is -0.350. The summed E-state index contributed by atoms with van der Waals surface area (Å²) in [7, 11) is 0. The summed E-state index contributed by atoms with van der Waals surface area (Å²) in [6.07, 6.45) is 0. The van der Waals surface area contributed by atoms with Gasteiger partial charge in [0, 0.05) is 12.1 Å². The molecule has 1 N–H and O–H groups in total. The number of benzene rings is 2. The molecule has 3 rings (SSSR count). The molecule has 3 aromatic rings. The fraction of sp³-hybridized carbons (Fsp3) is 0.333. The van der Waals surface area contributed by atoms with E-state index in [1.165, 1.54) is 4.90 Å². The number of ether oxygens (including phenoxy) is 1. The topological polar surface area (TPSA) is 71.8 Å². The van der Waals surface area contributed by atoms with Crippen LogP contribution in [0.2, 0.25) is 0 Å². The zero-order chi connectivity index (χ0) is 21.7.